The number of hydrogen-bond acceptors (Lipinski definition) is 3. The van der Waals surface area contributed by atoms with Crippen LogP contribution in [0.4, 0.5) is 10.5 Å². The molecular formula is C13H17ClN2O3. The summed E-state index contributed by atoms with van der Waals surface area (Å²) >= 11 is 6.01. The second-order valence-electron chi connectivity index (χ2n) is 4.52. The van der Waals surface area contributed by atoms with E-state index in [0.717, 1.165) is 5.56 Å². The maximum Gasteiger partial charge on any atom is 0.322 e. The third-order valence-electron chi connectivity index (χ3n) is 3.04. The Morgan fingerprint density at radius 2 is 2.37 bits per heavy atom. The summed E-state index contributed by atoms with van der Waals surface area (Å²) in [6.45, 7) is 3.27. The second kappa shape index (κ2) is 6.23. The van der Waals surface area contributed by atoms with Gasteiger partial charge in [0.25, 0.3) is 0 Å². The second-order valence-corrected chi connectivity index (χ2v) is 4.92. The zero-order valence-corrected chi connectivity index (χ0v) is 11.5. The molecule has 1 fully saturated rings. The third kappa shape index (κ3) is 3.59. The van der Waals surface area contributed by atoms with Crippen molar-refractivity contribution in [2.45, 2.75) is 13.0 Å². The molecule has 0 spiro atoms. The predicted molar refractivity (Wildman–Crippen MR) is 73.6 cm³/mol. The zero-order chi connectivity index (χ0) is 13.8. The zero-order valence-electron chi connectivity index (χ0n) is 10.7. The fraction of sp³-hybridized carbons (Fsp3) is 0.462. The van der Waals surface area contributed by atoms with Crippen molar-refractivity contribution in [3.05, 3.63) is 28.8 Å². The molecular weight excluding hydrogens is 268 g/mol. The summed E-state index contributed by atoms with van der Waals surface area (Å²) in [7, 11) is 0. The van der Waals surface area contributed by atoms with Gasteiger partial charge in [0.1, 0.15) is 0 Å². The summed E-state index contributed by atoms with van der Waals surface area (Å²) < 4.78 is 5.19. The van der Waals surface area contributed by atoms with Crippen molar-refractivity contribution in [3.63, 3.8) is 0 Å². The third-order valence-corrected chi connectivity index (χ3v) is 3.45. The number of ether oxygens (including phenoxy) is 1. The molecule has 1 aliphatic rings. The minimum Gasteiger partial charge on any atom is -0.389 e. The van der Waals surface area contributed by atoms with E-state index in [1.165, 1.54) is 4.90 Å². The van der Waals surface area contributed by atoms with Crippen LogP contribution < -0.4 is 5.32 Å². The lowest BCUT2D eigenvalue weighted by atomic mass is 10.2. The predicted octanol–water partition coefficient (Wildman–Crippen LogP) is 1.87. The van der Waals surface area contributed by atoms with Crippen LogP contribution in [0.1, 0.15) is 5.56 Å². The number of halogens is 1. The number of rotatable bonds is 1. The Labute approximate surface area is 117 Å². The molecule has 104 valence electrons. The van der Waals surface area contributed by atoms with Crippen LogP contribution >= 0.6 is 11.6 Å². The molecule has 0 bridgehead atoms. The first-order valence-corrected chi connectivity index (χ1v) is 6.52. The van der Waals surface area contributed by atoms with Crippen LogP contribution in [0.2, 0.25) is 5.02 Å². The smallest absolute Gasteiger partial charge is 0.322 e. The lowest BCUT2D eigenvalue weighted by molar-refractivity contribution is 0.0575. The van der Waals surface area contributed by atoms with Gasteiger partial charge in [-0.15, -0.1) is 0 Å². The molecule has 5 nitrogen and oxygen atoms in total. The molecule has 1 atom stereocenters. The number of benzene rings is 1. The molecule has 2 amide bonds. The van der Waals surface area contributed by atoms with Crippen molar-refractivity contribution in [1.82, 2.24) is 4.90 Å². The molecule has 19 heavy (non-hydrogen) atoms. The number of carbonyl (C=O) groups is 1. The Morgan fingerprint density at radius 3 is 3.16 bits per heavy atom. The number of carbonyl (C=O) groups excluding carboxylic acids is 1. The van der Waals surface area contributed by atoms with E-state index in [9.17, 15) is 9.90 Å². The van der Waals surface area contributed by atoms with E-state index < -0.39 is 6.10 Å². The van der Waals surface area contributed by atoms with Gasteiger partial charge < -0.3 is 20.1 Å². The summed E-state index contributed by atoms with van der Waals surface area (Å²) in [5, 5.41) is 13.0. The molecule has 1 unspecified atom stereocenters. The van der Waals surface area contributed by atoms with E-state index in [-0.39, 0.29) is 19.2 Å². The average molecular weight is 285 g/mol. The Balaban J connectivity index is 2.05. The van der Waals surface area contributed by atoms with E-state index in [2.05, 4.69) is 5.32 Å². The molecule has 6 heteroatoms. The van der Waals surface area contributed by atoms with Crippen molar-refractivity contribution in [2.75, 3.05) is 31.6 Å². The summed E-state index contributed by atoms with van der Waals surface area (Å²) in [6.07, 6.45) is -0.645. The van der Waals surface area contributed by atoms with Crippen molar-refractivity contribution >= 4 is 23.3 Å². The van der Waals surface area contributed by atoms with Crippen LogP contribution in [0.5, 0.6) is 0 Å². The highest BCUT2D eigenvalue weighted by atomic mass is 35.5. The van der Waals surface area contributed by atoms with Crippen molar-refractivity contribution < 1.29 is 14.6 Å². The van der Waals surface area contributed by atoms with Crippen molar-refractivity contribution in [3.8, 4) is 0 Å². The number of anilines is 1. The molecule has 0 radical (unpaired) electrons. The molecule has 1 saturated heterocycles. The maximum absolute atomic E-state index is 12.1. The van der Waals surface area contributed by atoms with Crippen LogP contribution in [0, 0.1) is 6.92 Å². The lowest BCUT2D eigenvalue weighted by Gasteiger charge is -2.22. The van der Waals surface area contributed by atoms with Gasteiger partial charge in [-0.3, -0.25) is 0 Å². The molecule has 1 aromatic carbocycles. The molecule has 0 aromatic heterocycles. The normalized spacial score (nSPS) is 19.9. The Kier molecular flexibility index (Phi) is 4.63. The number of hydrogen-bond donors (Lipinski definition) is 2. The van der Waals surface area contributed by atoms with E-state index in [0.29, 0.717) is 23.9 Å². The highest BCUT2D eigenvalue weighted by Crippen LogP contribution is 2.23. The number of aliphatic hydroxyl groups is 1. The van der Waals surface area contributed by atoms with Crippen LogP contribution in [-0.4, -0.2) is 48.4 Å². The largest absolute Gasteiger partial charge is 0.389 e. The molecule has 0 saturated carbocycles. The molecule has 1 heterocycles. The van der Waals surface area contributed by atoms with Gasteiger partial charge in [-0.1, -0.05) is 17.7 Å². The Hall–Kier alpha value is -1.30. The number of nitrogens with zero attached hydrogens (tertiary/aromatic N) is 1. The highest BCUT2D eigenvalue weighted by Gasteiger charge is 2.21. The minimum atomic E-state index is -0.645. The van der Waals surface area contributed by atoms with Gasteiger partial charge in [-0.05, 0) is 24.6 Å². The van der Waals surface area contributed by atoms with E-state index in [1.54, 1.807) is 18.2 Å². The number of amides is 2. The maximum atomic E-state index is 12.1. The van der Waals surface area contributed by atoms with E-state index >= 15 is 0 Å². The fourth-order valence-corrected chi connectivity index (χ4v) is 2.09. The van der Waals surface area contributed by atoms with E-state index in [1.807, 2.05) is 6.92 Å². The Morgan fingerprint density at radius 1 is 1.58 bits per heavy atom. The number of urea groups is 1. The van der Waals surface area contributed by atoms with Gasteiger partial charge in [0, 0.05) is 17.3 Å². The lowest BCUT2D eigenvalue weighted by Crippen LogP contribution is -2.40. The summed E-state index contributed by atoms with van der Waals surface area (Å²) in [6, 6.07) is 5.10. The summed E-state index contributed by atoms with van der Waals surface area (Å²) in [5.74, 6) is 0. The summed E-state index contributed by atoms with van der Waals surface area (Å²) in [5.41, 5.74) is 1.50. The SMILES string of the molecule is Cc1c(Cl)cccc1NC(=O)N1CCOCC(O)C1. The fourth-order valence-electron chi connectivity index (χ4n) is 1.91. The topological polar surface area (TPSA) is 61.8 Å². The number of β-amino-alcohol motifs (C(OH)–C–C–N with tert-alkyl or cyclic N) is 1. The van der Waals surface area contributed by atoms with Crippen LogP contribution in [-0.2, 0) is 4.74 Å². The first kappa shape index (κ1) is 14.1. The van der Waals surface area contributed by atoms with Crippen LogP contribution in [0.15, 0.2) is 18.2 Å². The van der Waals surface area contributed by atoms with E-state index in [4.69, 9.17) is 16.3 Å². The molecule has 1 aromatic rings. The van der Waals surface area contributed by atoms with Gasteiger partial charge in [0.05, 0.1) is 25.9 Å². The average Bonchev–Trinajstić information content (AvgIpc) is 2.60. The van der Waals surface area contributed by atoms with Gasteiger partial charge in [0.15, 0.2) is 0 Å². The van der Waals surface area contributed by atoms with Crippen molar-refractivity contribution in [2.24, 2.45) is 0 Å². The minimum absolute atomic E-state index is 0.255. The first-order chi connectivity index (χ1) is 9.08. The molecule has 1 aliphatic heterocycles. The van der Waals surface area contributed by atoms with Gasteiger partial charge in [0.2, 0.25) is 0 Å². The summed E-state index contributed by atoms with van der Waals surface area (Å²) in [4.78, 5) is 13.7. The molecule has 2 N–H and O–H groups in total. The quantitative estimate of drug-likeness (QED) is 0.828. The van der Waals surface area contributed by atoms with Gasteiger partial charge >= 0.3 is 6.03 Å². The Bertz CT molecular complexity index is 467. The van der Waals surface area contributed by atoms with Gasteiger partial charge in [-0.25, -0.2) is 4.79 Å². The monoisotopic (exact) mass is 284 g/mol. The standard InChI is InChI=1S/C13H17ClN2O3/c1-9-11(14)3-2-4-12(9)15-13(18)16-5-6-19-8-10(17)7-16/h2-4,10,17H,5-8H2,1H3,(H,15,18). The first-order valence-electron chi connectivity index (χ1n) is 6.15. The molecule has 0 aliphatic carbocycles. The van der Waals surface area contributed by atoms with Gasteiger partial charge in [-0.2, -0.15) is 0 Å². The highest BCUT2D eigenvalue weighted by molar-refractivity contribution is 6.31. The van der Waals surface area contributed by atoms with Crippen LogP contribution in [0.3, 0.4) is 0 Å². The number of aliphatic hydroxyl groups excluding tert-OH is 1. The van der Waals surface area contributed by atoms with Crippen molar-refractivity contribution in [1.29, 1.82) is 0 Å². The molecule has 2 rings (SSSR count). The number of nitrogens with one attached hydrogen (secondary N) is 1. The van der Waals surface area contributed by atoms with Crippen LogP contribution in [0.25, 0.3) is 0 Å².